The van der Waals surface area contributed by atoms with Gasteiger partial charge in [0.25, 0.3) is 5.91 Å². The largest absolute Gasteiger partial charge is 0.335 e. The van der Waals surface area contributed by atoms with Gasteiger partial charge in [-0.15, -0.1) is 0 Å². The topological polar surface area (TPSA) is 32.3 Å². The number of carbonyl (C=O) groups excluding carboxylic acids is 1. The summed E-state index contributed by atoms with van der Waals surface area (Å²) >= 11 is 6.06. The lowest BCUT2D eigenvalue weighted by atomic mass is 9.98. The van der Waals surface area contributed by atoms with Crippen LogP contribution < -0.4 is 5.32 Å². The molecule has 1 aliphatic heterocycles. The van der Waals surface area contributed by atoms with Crippen molar-refractivity contribution in [3.8, 4) is 0 Å². The molecule has 1 unspecified atom stereocenters. The molecule has 2 fully saturated rings. The molecule has 1 N–H and O–H groups in total. The van der Waals surface area contributed by atoms with E-state index in [2.05, 4.69) is 10.2 Å². The summed E-state index contributed by atoms with van der Waals surface area (Å²) in [6.07, 6.45) is 4.75. The summed E-state index contributed by atoms with van der Waals surface area (Å²) in [5, 5.41) is 4.16. The van der Waals surface area contributed by atoms with E-state index in [0.717, 1.165) is 48.6 Å². The molecule has 0 radical (unpaired) electrons. The molecule has 1 heterocycles. The van der Waals surface area contributed by atoms with Crippen LogP contribution in [0.15, 0.2) is 18.2 Å². The lowest BCUT2D eigenvalue weighted by Gasteiger charge is -2.30. The highest BCUT2D eigenvalue weighted by Gasteiger charge is 2.34. The molecule has 1 atom stereocenters. The van der Waals surface area contributed by atoms with Crippen molar-refractivity contribution in [3.05, 3.63) is 34.3 Å². The highest BCUT2D eigenvalue weighted by Crippen LogP contribution is 2.30. The third-order valence-electron chi connectivity index (χ3n) is 4.51. The second-order valence-corrected chi connectivity index (χ2v) is 6.77. The van der Waals surface area contributed by atoms with Crippen molar-refractivity contribution in [1.82, 2.24) is 10.2 Å². The standard InChI is InChI=1S/C17H23ClN2O/c1-12-9-14(4-7-16(12)18)17(21)20(15-5-6-15)11-13-3-2-8-19-10-13/h4,7,9,13,15,19H,2-3,5-6,8,10-11H2,1H3. The quantitative estimate of drug-likeness (QED) is 0.926. The minimum Gasteiger partial charge on any atom is -0.335 e. The Morgan fingerprint density at radius 3 is 2.81 bits per heavy atom. The van der Waals surface area contributed by atoms with Crippen LogP contribution >= 0.6 is 11.6 Å². The second kappa shape index (κ2) is 6.37. The summed E-state index contributed by atoms with van der Waals surface area (Å²) in [5.41, 5.74) is 1.74. The Bertz CT molecular complexity index is 522. The number of piperidine rings is 1. The number of aryl methyl sites for hydroxylation is 1. The zero-order valence-electron chi connectivity index (χ0n) is 12.6. The summed E-state index contributed by atoms with van der Waals surface area (Å²) in [5.74, 6) is 0.763. The summed E-state index contributed by atoms with van der Waals surface area (Å²) in [4.78, 5) is 14.9. The SMILES string of the molecule is Cc1cc(C(=O)N(CC2CCCNC2)C2CC2)ccc1Cl. The van der Waals surface area contributed by atoms with Crippen LogP contribution in [0.5, 0.6) is 0 Å². The van der Waals surface area contributed by atoms with E-state index in [1.54, 1.807) is 0 Å². The Kier molecular flexibility index (Phi) is 4.51. The molecule has 3 rings (SSSR count). The average molecular weight is 307 g/mol. The highest BCUT2D eigenvalue weighted by molar-refractivity contribution is 6.31. The first-order valence-corrected chi connectivity index (χ1v) is 8.31. The molecule has 1 aromatic carbocycles. The molecule has 1 amide bonds. The smallest absolute Gasteiger partial charge is 0.254 e. The second-order valence-electron chi connectivity index (χ2n) is 6.37. The monoisotopic (exact) mass is 306 g/mol. The van der Waals surface area contributed by atoms with Gasteiger partial charge in [0.05, 0.1) is 0 Å². The number of nitrogens with one attached hydrogen (secondary N) is 1. The van der Waals surface area contributed by atoms with Crippen LogP contribution in [0, 0.1) is 12.8 Å². The van der Waals surface area contributed by atoms with Crippen LogP contribution in [0.2, 0.25) is 5.02 Å². The van der Waals surface area contributed by atoms with Gasteiger partial charge in [-0.1, -0.05) is 11.6 Å². The minimum atomic E-state index is 0.169. The third kappa shape index (κ3) is 3.58. The molecule has 1 aromatic rings. The maximum absolute atomic E-state index is 12.8. The van der Waals surface area contributed by atoms with Gasteiger partial charge in [-0.25, -0.2) is 0 Å². The van der Waals surface area contributed by atoms with Gasteiger partial charge in [0.15, 0.2) is 0 Å². The molecular weight excluding hydrogens is 284 g/mol. The molecule has 3 nitrogen and oxygen atoms in total. The van der Waals surface area contributed by atoms with Crippen molar-refractivity contribution in [1.29, 1.82) is 0 Å². The van der Waals surface area contributed by atoms with E-state index in [4.69, 9.17) is 11.6 Å². The van der Waals surface area contributed by atoms with Crippen molar-refractivity contribution in [2.45, 2.75) is 38.6 Å². The number of rotatable bonds is 4. The summed E-state index contributed by atoms with van der Waals surface area (Å²) < 4.78 is 0. The fourth-order valence-electron chi connectivity index (χ4n) is 3.09. The summed E-state index contributed by atoms with van der Waals surface area (Å²) in [6, 6.07) is 6.05. The minimum absolute atomic E-state index is 0.169. The van der Waals surface area contributed by atoms with Gasteiger partial charge >= 0.3 is 0 Å². The number of benzene rings is 1. The summed E-state index contributed by atoms with van der Waals surface area (Å²) in [7, 11) is 0. The fourth-order valence-corrected chi connectivity index (χ4v) is 3.20. The van der Waals surface area contributed by atoms with Gasteiger partial charge < -0.3 is 10.2 Å². The molecule has 1 saturated heterocycles. The van der Waals surface area contributed by atoms with Crippen LogP contribution in [0.1, 0.15) is 41.6 Å². The van der Waals surface area contributed by atoms with E-state index >= 15 is 0 Å². The van der Waals surface area contributed by atoms with E-state index in [1.807, 2.05) is 25.1 Å². The maximum Gasteiger partial charge on any atom is 0.254 e. The first-order chi connectivity index (χ1) is 10.1. The normalized spacial score (nSPS) is 22.1. The van der Waals surface area contributed by atoms with Crippen molar-refractivity contribution < 1.29 is 4.79 Å². The van der Waals surface area contributed by atoms with E-state index in [0.29, 0.717) is 12.0 Å². The average Bonchev–Trinajstić information content (AvgIpc) is 3.33. The van der Waals surface area contributed by atoms with Crippen LogP contribution in [-0.2, 0) is 0 Å². The predicted octanol–water partition coefficient (Wildman–Crippen LogP) is 3.25. The van der Waals surface area contributed by atoms with Crippen molar-refractivity contribution in [2.24, 2.45) is 5.92 Å². The third-order valence-corrected chi connectivity index (χ3v) is 4.93. The van der Waals surface area contributed by atoms with Crippen LogP contribution in [0.3, 0.4) is 0 Å². The van der Waals surface area contributed by atoms with E-state index in [1.165, 1.54) is 12.8 Å². The number of hydrogen-bond donors (Lipinski definition) is 1. The van der Waals surface area contributed by atoms with Gasteiger partial charge in [0.2, 0.25) is 0 Å². The number of amides is 1. The lowest BCUT2D eigenvalue weighted by Crippen LogP contribution is -2.42. The molecule has 4 heteroatoms. The first kappa shape index (κ1) is 14.9. The van der Waals surface area contributed by atoms with Gasteiger partial charge in [-0.2, -0.15) is 0 Å². The van der Waals surface area contributed by atoms with Crippen LogP contribution in [0.4, 0.5) is 0 Å². The van der Waals surface area contributed by atoms with Crippen molar-refractivity contribution >= 4 is 17.5 Å². The Hall–Kier alpha value is -1.06. The van der Waals surface area contributed by atoms with Crippen molar-refractivity contribution in [3.63, 3.8) is 0 Å². The number of hydrogen-bond acceptors (Lipinski definition) is 2. The molecular formula is C17H23ClN2O. The van der Waals surface area contributed by atoms with E-state index < -0.39 is 0 Å². The summed E-state index contributed by atoms with van der Waals surface area (Å²) in [6.45, 7) is 4.99. The molecule has 1 saturated carbocycles. The highest BCUT2D eigenvalue weighted by atomic mass is 35.5. The fraction of sp³-hybridized carbons (Fsp3) is 0.588. The van der Waals surface area contributed by atoms with Gasteiger partial charge in [-0.3, -0.25) is 4.79 Å². The van der Waals surface area contributed by atoms with Gasteiger partial charge in [-0.05, 0) is 75.4 Å². The van der Waals surface area contributed by atoms with Crippen LogP contribution in [-0.4, -0.2) is 36.5 Å². The Morgan fingerprint density at radius 2 is 2.19 bits per heavy atom. The van der Waals surface area contributed by atoms with E-state index in [9.17, 15) is 4.79 Å². The Balaban J connectivity index is 1.73. The molecule has 114 valence electrons. The zero-order chi connectivity index (χ0) is 14.8. The molecule has 2 aliphatic rings. The maximum atomic E-state index is 12.8. The molecule has 21 heavy (non-hydrogen) atoms. The van der Waals surface area contributed by atoms with Crippen LogP contribution in [0.25, 0.3) is 0 Å². The number of nitrogens with zero attached hydrogens (tertiary/aromatic N) is 1. The van der Waals surface area contributed by atoms with E-state index in [-0.39, 0.29) is 5.91 Å². The zero-order valence-corrected chi connectivity index (χ0v) is 13.3. The molecule has 0 spiro atoms. The van der Waals surface area contributed by atoms with Gasteiger partial charge in [0.1, 0.15) is 0 Å². The Morgan fingerprint density at radius 1 is 1.38 bits per heavy atom. The Labute approximate surface area is 131 Å². The molecule has 0 aromatic heterocycles. The predicted molar refractivity (Wildman–Crippen MR) is 85.8 cm³/mol. The number of halogens is 1. The van der Waals surface area contributed by atoms with Gasteiger partial charge in [0, 0.05) is 23.2 Å². The lowest BCUT2D eigenvalue weighted by molar-refractivity contribution is 0.0704. The first-order valence-electron chi connectivity index (χ1n) is 7.93. The molecule has 1 aliphatic carbocycles. The molecule has 0 bridgehead atoms. The number of carbonyl (C=O) groups is 1. The van der Waals surface area contributed by atoms with Crippen molar-refractivity contribution in [2.75, 3.05) is 19.6 Å².